The van der Waals surface area contributed by atoms with Crippen molar-refractivity contribution in [3.8, 4) is 5.75 Å². The van der Waals surface area contributed by atoms with E-state index in [9.17, 15) is 4.79 Å². The molecule has 1 amide bonds. The van der Waals surface area contributed by atoms with Gasteiger partial charge in [-0.3, -0.25) is 9.78 Å². The number of carbonyl (C=O) groups excluding carboxylic acids is 1. The van der Waals surface area contributed by atoms with Crippen LogP contribution in [-0.2, 0) is 17.6 Å². The molecule has 1 aromatic heterocycles. The van der Waals surface area contributed by atoms with Gasteiger partial charge in [-0.1, -0.05) is 48.5 Å². The van der Waals surface area contributed by atoms with Crippen molar-refractivity contribution < 1.29 is 9.53 Å². The number of rotatable bonds is 5. The average molecular weight is 344 g/mol. The Balaban J connectivity index is 1.53. The van der Waals surface area contributed by atoms with Gasteiger partial charge in [0, 0.05) is 12.6 Å². The van der Waals surface area contributed by atoms with Gasteiger partial charge in [0.15, 0.2) is 0 Å². The summed E-state index contributed by atoms with van der Waals surface area (Å²) in [6.07, 6.45) is 2.99. The van der Waals surface area contributed by atoms with Gasteiger partial charge in [-0.15, -0.1) is 0 Å². The Hall–Kier alpha value is -3.14. The molecule has 4 rings (SSSR count). The first-order valence-corrected chi connectivity index (χ1v) is 8.79. The molecular weight excluding hydrogens is 324 g/mol. The van der Waals surface area contributed by atoms with E-state index in [0.29, 0.717) is 6.42 Å². The second kappa shape index (κ2) is 7.40. The Kier molecular flexibility index (Phi) is 4.65. The topological polar surface area (TPSA) is 51.2 Å². The Morgan fingerprint density at radius 3 is 2.73 bits per heavy atom. The molecule has 0 radical (unpaired) electrons. The number of hydrogen-bond donors (Lipinski definition) is 1. The van der Waals surface area contributed by atoms with E-state index in [0.717, 1.165) is 35.6 Å². The molecule has 3 aromatic rings. The van der Waals surface area contributed by atoms with Crippen molar-refractivity contribution in [2.75, 3.05) is 6.61 Å². The van der Waals surface area contributed by atoms with Crippen LogP contribution in [0.1, 0.15) is 28.4 Å². The molecule has 0 saturated heterocycles. The van der Waals surface area contributed by atoms with Crippen LogP contribution in [-0.4, -0.2) is 17.5 Å². The van der Waals surface area contributed by atoms with Gasteiger partial charge in [-0.25, -0.2) is 0 Å². The molecule has 2 heterocycles. The van der Waals surface area contributed by atoms with Gasteiger partial charge < -0.3 is 10.1 Å². The van der Waals surface area contributed by atoms with Crippen LogP contribution in [0, 0.1) is 0 Å². The van der Waals surface area contributed by atoms with Gasteiger partial charge in [0.05, 0.1) is 24.8 Å². The third-order valence-corrected chi connectivity index (χ3v) is 4.54. The fourth-order valence-electron chi connectivity index (χ4n) is 3.27. The van der Waals surface area contributed by atoms with Crippen molar-refractivity contribution in [1.82, 2.24) is 10.3 Å². The van der Waals surface area contributed by atoms with E-state index in [2.05, 4.69) is 16.4 Å². The molecule has 0 aliphatic carbocycles. The van der Waals surface area contributed by atoms with Crippen molar-refractivity contribution in [3.63, 3.8) is 0 Å². The van der Waals surface area contributed by atoms with Crippen LogP contribution in [0.25, 0.3) is 0 Å². The Labute approximate surface area is 152 Å². The summed E-state index contributed by atoms with van der Waals surface area (Å²) in [5.41, 5.74) is 4.02. The van der Waals surface area contributed by atoms with Crippen LogP contribution in [0.5, 0.6) is 5.75 Å². The third-order valence-electron chi connectivity index (χ3n) is 4.54. The first-order chi connectivity index (χ1) is 12.8. The number of ether oxygens (including phenoxy) is 1. The highest BCUT2D eigenvalue weighted by Crippen LogP contribution is 2.26. The maximum Gasteiger partial charge on any atom is 0.225 e. The number of amides is 1. The monoisotopic (exact) mass is 344 g/mol. The van der Waals surface area contributed by atoms with Gasteiger partial charge in [0.2, 0.25) is 5.91 Å². The highest BCUT2D eigenvalue weighted by molar-refractivity contribution is 5.79. The van der Waals surface area contributed by atoms with E-state index in [1.54, 1.807) is 6.20 Å². The summed E-state index contributed by atoms with van der Waals surface area (Å²) in [5.74, 6) is 0.910. The summed E-state index contributed by atoms with van der Waals surface area (Å²) < 4.78 is 5.53. The summed E-state index contributed by atoms with van der Waals surface area (Å²) in [5, 5.41) is 3.13. The summed E-state index contributed by atoms with van der Waals surface area (Å²) in [4.78, 5) is 17.1. The number of carbonyl (C=O) groups is 1. The summed E-state index contributed by atoms with van der Waals surface area (Å²) in [7, 11) is 0. The molecule has 1 aliphatic rings. The number of nitrogens with one attached hydrogen (secondary N) is 1. The first-order valence-electron chi connectivity index (χ1n) is 8.79. The predicted octanol–water partition coefficient (Wildman–Crippen LogP) is 3.46. The highest BCUT2D eigenvalue weighted by Gasteiger charge is 2.19. The zero-order valence-corrected chi connectivity index (χ0v) is 14.4. The zero-order valence-electron chi connectivity index (χ0n) is 14.4. The molecule has 1 unspecified atom stereocenters. The summed E-state index contributed by atoms with van der Waals surface area (Å²) in [6.45, 7) is 0.723. The van der Waals surface area contributed by atoms with Crippen molar-refractivity contribution in [1.29, 1.82) is 0 Å². The number of benzene rings is 2. The molecule has 4 heteroatoms. The van der Waals surface area contributed by atoms with E-state index < -0.39 is 0 Å². The van der Waals surface area contributed by atoms with Crippen LogP contribution in [0.2, 0.25) is 0 Å². The molecular formula is C22H20N2O2. The van der Waals surface area contributed by atoms with E-state index in [-0.39, 0.29) is 11.9 Å². The van der Waals surface area contributed by atoms with Crippen LogP contribution in [0.15, 0.2) is 72.9 Å². The zero-order chi connectivity index (χ0) is 17.8. The van der Waals surface area contributed by atoms with Crippen molar-refractivity contribution in [3.05, 3.63) is 95.3 Å². The molecule has 2 aromatic carbocycles. The second-order valence-corrected chi connectivity index (χ2v) is 6.38. The lowest BCUT2D eigenvalue weighted by molar-refractivity contribution is -0.121. The second-order valence-electron chi connectivity index (χ2n) is 6.38. The minimum atomic E-state index is -0.261. The number of nitrogens with zero attached hydrogens (tertiary/aromatic N) is 1. The van der Waals surface area contributed by atoms with Gasteiger partial charge in [-0.2, -0.15) is 0 Å². The molecule has 0 spiro atoms. The third kappa shape index (κ3) is 3.59. The minimum absolute atomic E-state index is 0.0247. The standard InChI is InChI=1S/C22H20N2O2/c25-21(15-16-9-10-20-18(14-16)11-13-26-20)24-22(17-6-2-1-3-7-17)19-8-4-5-12-23-19/h1-10,12,14,22H,11,13,15H2,(H,24,25). The maximum atomic E-state index is 12.7. The Morgan fingerprint density at radius 2 is 1.92 bits per heavy atom. The van der Waals surface area contributed by atoms with Gasteiger partial charge in [0.25, 0.3) is 0 Å². The lowest BCUT2D eigenvalue weighted by Gasteiger charge is -2.19. The van der Waals surface area contributed by atoms with E-state index in [1.165, 1.54) is 5.56 Å². The Morgan fingerprint density at radius 1 is 1.08 bits per heavy atom. The quantitative estimate of drug-likeness (QED) is 0.771. The normalized spacial score (nSPS) is 13.5. The van der Waals surface area contributed by atoms with E-state index >= 15 is 0 Å². The summed E-state index contributed by atoms with van der Waals surface area (Å²) in [6, 6.07) is 21.4. The van der Waals surface area contributed by atoms with E-state index in [4.69, 9.17) is 4.74 Å². The number of aromatic nitrogens is 1. The summed E-state index contributed by atoms with van der Waals surface area (Å²) >= 11 is 0. The number of fused-ring (bicyclic) bond motifs is 1. The number of hydrogen-bond acceptors (Lipinski definition) is 3. The predicted molar refractivity (Wildman–Crippen MR) is 100 cm³/mol. The maximum absolute atomic E-state index is 12.7. The molecule has 1 atom stereocenters. The van der Waals surface area contributed by atoms with Crippen molar-refractivity contribution >= 4 is 5.91 Å². The van der Waals surface area contributed by atoms with Gasteiger partial charge in [-0.05, 0) is 34.9 Å². The van der Waals surface area contributed by atoms with Crippen LogP contribution in [0.3, 0.4) is 0 Å². The van der Waals surface area contributed by atoms with Gasteiger partial charge >= 0.3 is 0 Å². The molecule has 0 bridgehead atoms. The SMILES string of the molecule is O=C(Cc1ccc2c(c1)CCO2)NC(c1ccccc1)c1ccccn1. The average Bonchev–Trinajstić information content (AvgIpc) is 3.15. The van der Waals surface area contributed by atoms with Crippen LogP contribution in [0.4, 0.5) is 0 Å². The molecule has 4 nitrogen and oxygen atoms in total. The fraction of sp³-hybridized carbons (Fsp3) is 0.182. The fourth-order valence-corrected chi connectivity index (χ4v) is 3.27. The van der Waals surface area contributed by atoms with Crippen LogP contribution >= 0.6 is 0 Å². The smallest absolute Gasteiger partial charge is 0.225 e. The molecule has 130 valence electrons. The molecule has 1 aliphatic heterocycles. The van der Waals surface area contributed by atoms with E-state index in [1.807, 2.05) is 60.7 Å². The number of pyridine rings is 1. The van der Waals surface area contributed by atoms with Crippen molar-refractivity contribution in [2.45, 2.75) is 18.9 Å². The largest absolute Gasteiger partial charge is 0.493 e. The van der Waals surface area contributed by atoms with Gasteiger partial charge in [0.1, 0.15) is 5.75 Å². The molecule has 0 saturated carbocycles. The van der Waals surface area contributed by atoms with Crippen LogP contribution < -0.4 is 10.1 Å². The van der Waals surface area contributed by atoms with Crippen molar-refractivity contribution in [2.24, 2.45) is 0 Å². The minimum Gasteiger partial charge on any atom is -0.493 e. The molecule has 1 N–H and O–H groups in total. The lowest BCUT2D eigenvalue weighted by atomic mass is 10.0. The Bertz CT molecular complexity index is 855. The lowest BCUT2D eigenvalue weighted by Crippen LogP contribution is -2.31. The first kappa shape index (κ1) is 16.3. The highest BCUT2D eigenvalue weighted by atomic mass is 16.5. The molecule has 0 fully saturated rings. The molecule has 26 heavy (non-hydrogen) atoms.